The largest absolute Gasteiger partial charge is 0.493 e. The van der Waals surface area contributed by atoms with Crippen LogP contribution in [0.4, 0.5) is 14.4 Å². The summed E-state index contributed by atoms with van der Waals surface area (Å²) in [7, 11) is 4.52. The Kier molecular flexibility index (Phi) is 25.1. The maximum absolute atomic E-state index is 13.7. The van der Waals surface area contributed by atoms with E-state index in [1.54, 1.807) is 36.4 Å². The molecule has 0 atom stereocenters. The van der Waals surface area contributed by atoms with Crippen molar-refractivity contribution >= 4 is 36.5 Å². The molecule has 390 valence electrons. The predicted octanol–water partition coefficient (Wildman–Crippen LogP) is 9.34. The van der Waals surface area contributed by atoms with Crippen molar-refractivity contribution in [1.82, 2.24) is 29.7 Å². The SMILES string of the molecule is C/C=C/c1ccc(OC(=O)NCCCCCCn2c(=O)n(CCCCCCNC(=O)Oc3ccc(/C=C/C)cc3OC)c(=O)n(CCCCCCNC(=O)Oc3ccc(/C=C/C)cc3OC)c2=O)c(OC)c1. The lowest BCUT2D eigenvalue weighted by Crippen LogP contribution is -2.54. The zero-order valence-electron chi connectivity index (χ0n) is 42.6. The van der Waals surface area contributed by atoms with Gasteiger partial charge in [0.05, 0.1) is 21.3 Å². The minimum atomic E-state index is -0.650. The van der Waals surface area contributed by atoms with Gasteiger partial charge in [0, 0.05) is 39.3 Å². The van der Waals surface area contributed by atoms with E-state index in [-0.39, 0.29) is 19.6 Å². The van der Waals surface area contributed by atoms with Gasteiger partial charge in [0.25, 0.3) is 0 Å². The molecular formula is C54H72N6O12. The lowest BCUT2D eigenvalue weighted by molar-refractivity contribution is 0.197. The number of nitrogens with zero attached hydrogens (tertiary/aromatic N) is 3. The first-order valence-electron chi connectivity index (χ1n) is 24.7. The van der Waals surface area contributed by atoms with E-state index in [9.17, 15) is 28.8 Å². The van der Waals surface area contributed by atoms with Crippen molar-refractivity contribution in [2.24, 2.45) is 0 Å². The molecule has 1 heterocycles. The van der Waals surface area contributed by atoms with Crippen LogP contribution < -0.4 is 61.4 Å². The molecule has 4 aromatic rings. The number of carbonyl (C=O) groups is 3. The number of amides is 3. The van der Waals surface area contributed by atoms with E-state index >= 15 is 0 Å². The minimum Gasteiger partial charge on any atom is -0.493 e. The zero-order chi connectivity index (χ0) is 52.1. The summed E-state index contributed by atoms with van der Waals surface area (Å²) < 4.78 is 35.9. The second-order valence-electron chi connectivity index (χ2n) is 16.7. The maximum atomic E-state index is 13.7. The summed E-state index contributed by atoms with van der Waals surface area (Å²) in [6.07, 6.45) is 17.1. The number of allylic oxidation sites excluding steroid dienone is 3. The van der Waals surface area contributed by atoms with Gasteiger partial charge in [0.1, 0.15) is 0 Å². The van der Waals surface area contributed by atoms with Crippen molar-refractivity contribution in [3.63, 3.8) is 0 Å². The highest BCUT2D eigenvalue weighted by atomic mass is 16.6. The first-order valence-corrected chi connectivity index (χ1v) is 24.7. The Morgan fingerprint density at radius 2 is 0.667 bits per heavy atom. The smallest absolute Gasteiger partial charge is 0.412 e. The van der Waals surface area contributed by atoms with Crippen molar-refractivity contribution in [2.45, 2.75) is 117 Å². The molecule has 0 saturated heterocycles. The fraction of sp³-hybridized carbons (Fsp3) is 0.444. The fourth-order valence-electron chi connectivity index (χ4n) is 7.67. The third kappa shape index (κ3) is 18.7. The van der Waals surface area contributed by atoms with E-state index in [4.69, 9.17) is 28.4 Å². The van der Waals surface area contributed by atoms with Crippen LogP contribution in [0.3, 0.4) is 0 Å². The molecule has 0 aliphatic rings. The van der Waals surface area contributed by atoms with E-state index in [0.717, 1.165) is 30.4 Å². The van der Waals surface area contributed by atoms with E-state index in [1.165, 1.54) is 21.3 Å². The summed E-state index contributed by atoms with van der Waals surface area (Å²) >= 11 is 0. The molecule has 0 unspecified atom stereocenters. The fourth-order valence-corrected chi connectivity index (χ4v) is 7.67. The second kappa shape index (κ2) is 31.7. The van der Waals surface area contributed by atoms with Crippen LogP contribution in [0.15, 0.2) is 87.2 Å². The summed E-state index contributed by atoms with van der Waals surface area (Å²) in [5.74, 6) is 2.21. The van der Waals surface area contributed by atoms with Gasteiger partial charge in [-0.05, 0) is 112 Å². The van der Waals surface area contributed by atoms with Gasteiger partial charge in [-0.3, -0.25) is 0 Å². The number of methoxy groups -OCH3 is 3. The average molecular weight is 997 g/mol. The zero-order valence-corrected chi connectivity index (χ0v) is 42.6. The van der Waals surface area contributed by atoms with Gasteiger partial charge in [0.2, 0.25) is 0 Å². The Hall–Kier alpha value is -7.50. The Morgan fingerprint density at radius 1 is 0.403 bits per heavy atom. The summed E-state index contributed by atoms with van der Waals surface area (Å²) in [5, 5.41) is 8.25. The van der Waals surface area contributed by atoms with Crippen molar-refractivity contribution < 1.29 is 42.8 Å². The molecule has 18 heteroatoms. The number of aromatic nitrogens is 3. The molecule has 3 N–H and O–H groups in total. The predicted molar refractivity (Wildman–Crippen MR) is 280 cm³/mol. The van der Waals surface area contributed by atoms with Crippen molar-refractivity contribution in [1.29, 1.82) is 0 Å². The number of rotatable bonds is 30. The first kappa shape index (κ1) is 57.1. The Morgan fingerprint density at radius 3 is 0.917 bits per heavy atom. The second-order valence-corrected chi connectivity index (χ2v) is 16.7. The number of ether oxygens (including phenoxy) is 6. The molecular weight excluding hydrogens is 925 g/mol. The standard InChI is InChI=1S/C54H72N6O12/c1-7-22-40-25-28-43(46(37-40)67-4)70-49(61)55-31-16-10-13-19-34-58-52(64)59(35-20-14-11-17-32-56-50(62)71-44-29-26-41(23-8-2)38-47(44)68-5)54(66)60(53(58)65)36-21-15-12-18-33-57-51(63)72-45-30-27-42(24-9-3)39-48(45)69-6/h7-9,22-30,37-39H,10-21,31-36H2,1-6H3,(H,55,61)(H,56,62)(H,57,63)/b22-7+,23-8+,24-9+. The van der Waals surface area contributed by atoms with Crippen LogP contribution in [-0.2, 0) is 19.6 Å². The summed E-state index contributed by atoms with van der Waals surface area (Å²) in [6, 6.07) is 15.8. The van der Waals surface area contributed by atoms with Gasteiger partial charge < -0.3 is 44.4 Å². The highest BCUT2D eigenvalue weighted by Gasteiger charge is 2.17. The van der Waals surface area contributed by atoms with Gasteiger partial charge in [-0.25, -0.2) is 42.5 Å². The maximum Gasteiger partial charge on any atom is 0.412 e. The third-order valence-electron chi connectivity index (χ3n) is 11.4. The molecule has 0 saturated carbocycles. The van der Waals surface area contributed by atoms with Crippen LogP contribution >= 0.6 is 0 Å². The van der Waals surface area contributed by atoms with Gasteiger partial charge in [-0.1, -0.05) is 93.2 Å². The monoisotopic (exact) mass is 997 g/mol. The molecule has 18 nitrogen and oxygen atoms in total. The number of hydrogen-bond donors (Lipinski definition) is 3. The highest BCUT2D eigenvalue weighted by molar-refractivity contribution is 5.73. The van der Waals surface area contributed by atoms with Gasteiger partial charge in [-0.15, -0.1) is 0 Å². The molecule has 0 bridgehead atoms. The number of unbranched alkanes of at least 4 members (excludes halogenated alkanes) is 9. The molecule has 3 aromatic carbocycles. The lowest BCUT2D eigenvalue weighted by Gasteiger charge is -2.14. The minimum absolute atomic E-state index is 0.123. The van der Waals surface area contributed by atoms with Crippen LogP contribution in [-0.4, -0.2) is 72.9 Å². The van der Waals surface area contributed by atoms with Crippen LogP contribution in [0.1, 0.15) is 115 Å². The van der Waals surface area contributed by atoms with E-state index < -0.39 is 35.3 Å². The molecule has 4 rings (SSSR count). The molecule has 0 spiro atoms. The van der Waals surface area contributed by atoms with Gasteiger partial charge in [-0.2, -0.15) is 0 Å². The van der Waals surface area contributed by atoms with Crippen molar-refractivity contribution in [2.75, 3.05) is 41.0 Å². The molecule has 3 amide bonds. The topological polar surface area (TPSA) is 209 Å². The van der Waals surface area contributed by atoms with E-state index in [0.29, 0.717) is 131 Å². The molecule has 0 aliphatic heterocycles. The summed E-state index contributed by atoms with van der Waals surface area (Å²) in [6.45, 7) is 7.17. The summed E-state index contributed by atoms with van der Waals surface area (Å²) in [5.41, 5.74) is 0.783. The van der Waals surface area contributed by atoms with Gasteiger partial charge >= 0.3 is 35.3 Å². The van der Waals surface area contributed by atoms with Crippen LogP contribution in [0.5, 0.6) is 34.5 Å². The molecule has 0 aliphatic carbocycles. The van der Waals surface area contributed by atoms with E-state index in [1.807, 2.05) is 75.4 Å². The quantitative estimate of drug-likeness (QED) is 0.0418. The van der Waals surface area contributed by atoms with Crippen molar-refractivity contribution in [3.05, 3.63) is 121 Å². The van der Waals surface area contributed by atoms with Crippen LogP contribution in [0.25, 0.3) is 18.2 Å². The average Bonchev–Trinajstić information content (AvgIpc) is 3.37. The number of benzene rings is 3. The number of nitrogens with one attached hydrogen (secondary N) is 3. The number of hydrogen-bond acceptors (Lipinski definition) is 12. The summed E-state index contributed by atoms with van der Waals surface area (Å²) in [4.78, 5) is 78.7. The number of carbonyl (C=O) groups excluding carboxylic acids is 3. The molecule has 72 heavy (non-hydrogen) atoms. The normalized spacial score (nSPS) is 11.2. The lowest BCUT2D eigenvalue weighted by atomic mass is 10.2. The Labute approximate surface area is 421 Å². The van der Waals surface area contributed by atoms with Crippen LogP contribution in [0.2, 0.25) is 0 Å². The third-order valence-corrected chi connectivity index (χ3v) is 11.4. The van der Waals surface area contributed by atoms with Crippen molar-refractivity contribution in [3.8, 4) is 34.5 Å². The van der Waals surface area contributed by atoms with E-state index in [2.05, 4.69) is 16.0 Å². The Balaban J connectivity index is 1.28. The molecule has 0 radical (unpaired) electrons. The highest BCUT2D eigenvalue weighted by Crippen LogP contribution is 2.31. The molecule has 0 fully saturated rings. The first-order chi connectivity index (χ1) is 35.0. The Bertz CT molecular complexity index is 2330. The van der Waals surface area contributed by atoms with Crippen LogP contribution in [0, 0.1) is 0 Å². The molecule has 1 aromatic heterocycles. The van der Waals surface area contributed by atoms with Gasteiger partial charge in [0.15, 0.2) is 34.5 Å².